The van der Waals surface area contributed by atoms with Crippen molar-refractivity contribution in [3.8, 4) is 0 Å². The van der Waals surface area contributed by atoms with Gasteiger partial charge in [0.25, 0.3) is 0 Å². The Morgan fingerprint density at radius 3 is 2.51 bits per heavy atom. The Hall–Kier alpha value is -1.05. The van der Waals surface area contributed by atoms with Gasteiger partial charge >= 0.3 is 6.09 Å². The molecule has 12 heteroatoms. The number of halogens is 3. The number of carbonyl (C=O) groups is 1. The number of aliphatic hydroxyl groups is 2. The molecule has 4 atom stereocenters. The number of carbonyl (C=O) groups excluding carboxylic acids is 1. The molecular weight excluding hydrogens is 586 g/mol. The van der Waals surface area contributed by atoms with Crippen molar-refractivity contribution in [3.05, 3.63) is 34.1 Å². The van der Waals surface area contributed by atoms with E-state index in [0.717, 1.165) is 17.8 Å². The Balaban J connectivity index is 2.10. The fourth-order valence-corrected chi connectivity index (χ4v) is 7.45. The van der Waals surface area contributed by atoms with Crippen LogP contribution in [0.2, 0.25) is 25.7 Å². The lowest BCUT2D eigenvalue weighted by atomic mass is 9.84. The van der Waals surface area contributed by atoms with Crippen LogP contribution in [-0.2, 0) is 15.0 Å². The highest BCUT2D eigenvalue weighted by Crippen LogP contribution is 2.70. The first-order chi connectivity index (χ1) is 17.1. The average molecular weight is 624 g/mol. The summed E-state index contributed by atoms with van der Waals surface area (Å²) in [5, 5.41) is 20.6. The highest BCUT2D eigenvalue weighted by molar-refractivity contribution is 9.10. The zero-order chi connectivity index (χ0) is 27.8. The van der Waals surface area contributed by atoms with E-state index >= 15 is 8.78 Å². The maximum atomic E-state index is 15.2. The predicted molar refractivity (Wildman–Crippen MR) is 148 cm³/mol. The number of amides is 1. The second kappa shape index (κ2) is 11.2. The van der Waals surface area contributed by atoms with Crippen molar-refractivity contribution in [2.45, 2.75) is 62.3 Å². The molecule has 37 heavy (non-hydrogen) atoms. The van der Waals surface area contributed by atoms with Crippen molar-refractivity contribution < 1.29 is 33.3 Å². The Morgan fingerprint density at radius 2 is 1.97 bits per heavy atom. The van der Waals surface area contributed by atoms with Gasteiger partial charge in [-0.25, -0.2) is 23.5 Å². The number of aliphatic hydroxyl groups excluding tert-OH is 2. The maximum absolute atomic E-state index is 15.2. The van der Waals surface area contributed by atoms with Crippen LogP contribution in [0.15, 0.2) is 27.7 Å². The minimum absolute atomic E-state index is 0.00950. The monoisotopic (exact) mass is 622 g/mol. The molecule has 2 N–H and O–H groups in total. The number of alkyl halides is 1. The van der Waals surface area contributed by atoms with Crippen LogP contribution in [0.4, 0.5) is 13.6 Å². The molecule has 1 aromatic carbocycles. The van der Waals surface area contributed by atoms with Crippen molar-refractivity contribution in [2.24, 2.45) is 16.8 Å². The summed E-state index contributed by atoms with van der Waals surface area (Å²) in [6, 6.07) is 5.04. The normalized spacial score (nSPS) is 27.4. The third-order valence-electron chi connectivity index (χ3n) is 6.64. The van der Waals surface area contributed by atoms with E-state index in [1.165, 1.54) is 23.1 Å². The van der Waals surface area contributed by atoms with Crippen LogP contribution in [0, 0.1) is 17.7 Å². The van der Waals surface area contributed by atoms with Crippen molar-refractivity contribution in [1.82, 2.24) is 4.90 Å². The molecule has 7 nitrogen and oxygen atoms in total. The summed E-state index contributed by atoms with van der Waals surface area (Å²) >= 11 is 4.41. The summed E-state index contributed by atoms with van der Waals surface area (Å²) < 4.78 is 41.3. The summed E-state index contributed by atoms with van der Waals surface area (Å²) in [6.07, 6.45) is -0.748. The highest BCUT2D eigenvalue weighted by atomic mass is 79.9. The van der Waals surface area contributed by atoms with Crippen molar-refractivity contribution >= 4 is 47.0 Å². The lowest BCUT2D eigenvalue weighted by molar-refractivity contribution is 0.0108. The summed E-state index contributed by atoms with van der Waals surface area (Å²) in [4.78, 5) is 19.2. The molecular formula is C25H37BrF2N2O5SSi. The van der Waals surface area contributed by atoms with Gasteiger partial charge < -0.3 is 19.7 Å². The lowest BCUT2D eigenvalue weighted by Crippen LogP contribution is -2.47. The van der Waals surface area contributed by atoms with Gasteiger partial charge in [-0.05, 0) is 45.0 Å². The number of nitrogens with zero attached hydrogens (tertiary/aromatic N) is 2. The van der Waals surface area contributed by atoms with E-state index in [1.807, 2.05) is 0 Å². The van der Waals surface area contributed by atoms with Crippen molar-refractivity contribution in [1.29, 1.82) is 0 Å². The Labute approximate surface area is 231 Å². The first kappa shape index (κ1) is 30.5. The third kappa shape index (κ3) is 6.41. The second-order valence-electron chi connectivity index (χ2n) is 11.8. The van der Waals surface area contributed by atoms with Crippen LogP contribution in [0.1, 0.15) is 26.3 Å². The van der Waals surface area contributed by atoms with E-state index in [2.05, 4.69) is 40.6 Å². The molecule has 1 aliphatic heterocycles. The molecule has 1 heterocycles. The second-order valence-corrected chi connectivity index (χ2v) is 19.7. The molecule has 0 saturated heterocycles. The number of benzene rings is 1. The van der Waals surface area contributed by atoms with Gasteiger partial charge in [0.1, 0.15) is 30.4 Å². The zero-order valence-electron chi connectivity index (χ0n) is 22.2. The smallest absolute Gasteiger partial charge is 0.418 e. The number of fused-ring (bicyclic) bond motifs is 1. The molecule has 0 bridgehead atoms. The molecule has 1 aliphatic carbocycles. The topological polar surface area (TPSA) is 91.6 Å². The molecule has 208 valence electrons. The van der Waals surface area contributed by atoms with Gasteiger partial charge in [0.15, 0.2) is 5.17 Å². The van der Waals surface area contributed by atoms with E-state index < -0.39 is 61.0 Å². The van der Waals surface area contributed by atoms with E-state index in [0.29, 0.717) is 11.1 Å². The average Bonchev–Trinajstić information content (AvgIpc) is 3.46. The Kier molecular flexibility index (Phi) is 9.23. The molecule has 1 fully saturated rings. The summed E-state index contributed by atoms with van der Waals surface area (Å²) in [5.41, 5.74) is -2.60. The zero-order valence-corrected chi connectivity index (χ0v) is 25.6. The summed E-state index contributed by atoms with van der Waals surface area (Å²) in [5.74, 6) is -1.92. The quantitative estimate of drug-likeness (QED) is 0.218. The van der Waals surface area contributed by atoms with Gasteiger partial charge in [0, 0.05) is 43.2 Å². The van der Waals surface area contributed by atoms with Crippen LogP contribution in [0.5, 0.6) is 0 Å². The molecule has 1 amide bonds. The van der Waals surface area contributed by atoms with Gasteiger partial charge in [-0.1, -0.05) is 47.3 Å². The fraction of sp³-hybridized carbons (Fsp3) is 0.680. The number of ether oxygens (including phenoxy) is 2. The lowest BCUT2D eigenvalue weighted by Gasteiger charge is -2.38. The van der Waals surface area contributed by atoms with Crippen molar-refractivity contribution in [2.75, 3.05) is 33.2 Å². The van der Waals surface area contributed by atoms with Gasteiger partial charge in [0.05, 0.1) is 11.4 Å². The van der Waals surface area contributed by atoms with Crippen LogP contribution in [-0.4, -0.2) is 78.0 Å². The van der Waals surface area contributed by atoms with E-state index in [-0.39, 0.29) is 24.1 Å². The molecule has 0 aromatic heterocycles. The van der Waals surface area contributed by atoms with Crippen LogP contribution >= 0.6 is 27.7 Å². The fourth-order valence-electron chi connectivity index (χ4n) is 4.70. The van der Waals surface area contributed by atoms with Gasteiger partial charge in [0.2, 0.25) is 0 Å². The maximum Gasteiger partial charge on any atom is 0.418 e. The number of aliphatic imine (C=N–C) groups is 1. The number of amidine groups is 1. The van der Waals surface area contributed by atoms with E-state index in [9.17, 15) is 15.0 Å². The molecule has 1 aromatic rings. The summed E-state index contributed by atoms with van der Waals surface area (Å²) in [7, 11) is -1.41. The molecule has 1 unspecified atom stereocenters. The minimum atomic E-state index is -1.76. The standard InChI is InChI=1S/C25H37BrF2N2O5SSi/c1-23(2,3)35-22(33)30(15-34-9-10-37(4,5)6)21-29-24(13-27,17-11-16(26)7-8-19(17)28)20-18(12-31)25(20,14-32)36-21/h7-8,11,18,20,31-32H,9-10,12-15H2,1-6H3/t18?,20-,24+,25+/m0/s1. The molecule has 3 rings (SSSR count). The number of rotatable bonds is 9. The largest absolute Gasteiger partial charge is 0.443 e. The minimum Gasteiger partial charge on any atom is -0.443 e. The number of thioether (sulfide) groups is 1. The number of hydrogen-bond donors (Lipinski definition) is 2. The Bertz CT molecular complexity index is 1040. The predicted octanol–water partition coefficient (Wildman–Crippen LogP) is 5.37. The van der Waals surface area contributed by atoms with E-state index in [1.54, 1.807) is 20.8 Å². The molecule has 0 radical (unpaired) electrons. The van der Waals surface area contributed by atoms with Gasteiger partial charge in [-0.3, -0.25) is 0 Å². The van der Waals surface area contributed by atoms with E-state index in [4.69, 9.17) is 9.47 Å². The van der Waals surface area contributed by atoms with Crippen LogP contribution in [0.3, 0.4) is 0 Å². The SMILES string of the molecule is CC(C)(C)OC(=O)N(COCC[Si](C)(C)C)C1=N[C@](CF)(c2cc(Br)ccc2F)[C@@H]2C(CO)[C@@]2(CO)S1. The first-order valence-electron chi connectivity index (χ1n) is 12.2. The third-order valence-corrected chi connectivity index (χ3v) is 10.4. The number of hydrogen-bond acceptors (Lipinski definition) is 7. The Morgan fingerprint density at radius 1 is 1.30 bits per heavy atom. The van der Waals surface area contributed by atoms with Crippen molar-refractivity contribution in [3.63, 3.8) is 0 Å². The van der Waals surface area contributed by atoms with Gasteiger partial charge in [-0.2, -0.15) is 0 Å². The molecule has 2 aliphatic rings. The molecule has 0 spiro atoms. The van der Waals surface area contributed by atoms with Crippen LogP contribution < -0.4 is 0 Å². The first-order valence-corrected chi connectivity index (χ1v) is 17.6. The molecule has 1 saturated carbocycles. The highest BCUT2D eigenvalue weighted by Gasteiger charge is 2.75. The van der Waals surface area contributed by atoms with Gasteiger partial charge in [-0.15, -0.1) is 0 Å². The van der Waals surface area contributed by atoms with Crippen LogP contribution in [0.25, 0.3) is 0 Å². The summed E-state index contributed by atoms with van der Waals surface area (Å²) in [6.45, 7) is 10.1.